The summed E-state index contributed by atoms with van der Waals surface area (Å²) in [6.45, 7) is 4.66. The quantitative estimate of drug-likeness (QED) is 0.372. The molecule has 0 atom stereocenters. The van der Waals surface area contributed by atoms with Crippen molar-refractivity contribution in [2.75, 3.05) is 19.7 Å². The Kier molecular flexibility index (Phi) is 9.10. The zero-order chi connectivity index (χ0) is 24.6. The third-order valence-electron chi connectivity index (χ3n) is 5.37. The summed E-state index contributed by atoms with van der Waals surface area (Å²) in [6.07, 6.45) is 0. The Hall–Kier alpha value is -2.87. The second-order valence-corrected chi connectivity index (χ2v) is 10.0. The van der Waals surface area contributed by atoms with Crippen molar-refractivity contribution in [1.29, 1.82) is 0 Å². The zero-order valence-corrected chi connectivity index (χ0v) is 20.9. The first-order valence-electron chi connectivity index (χ1n) is 11.1. The van der Waals surface area contributed by atoms with Gasteiger partial charge < -0.3 is 9.64 Å². The average molecular weight is 501 g/mol. The maximum absolute atomic E-state index is 13.2. The van der Waals surface area contributed by atoms with Crippen molar-refractivity contribution in [1.82, 2.24) is 9.21 Å². The van der Waals surface area contributed by atoms with E-state index in [4.69, 9.17) is 16.3 Å². The Morgan fingerprint density at radius 2 is 1.38 bits per heavy atom. The Morgan fingerprint density at radius 3 is 1.88 bits per heavy atom. The highest BCUT2D eigenvalue weighted by atomic mass is 35.5. The molecule has 180 valence electrons. The van der Waals surface area contributed by atoms with Crippen LogP contribution in [0.25, 0.3) is 0 Å². The second kappa shape index (κ2) is 12.0. The summed E-state index contributed by atoms with van der Waals surface area (Å²) in [6, 6.07) is 23.8. The molecule has 0 aromatic heterocycles. The fourth-order valence-electron chi connectivity index (χ4n) is 3.58. The van der Waals surface area contributed by atoms with Gasteiger partial charge in [0, 0.05) is 31.2 Å². The molecule has 1 amide bonds. The maximum atomic E-state index is 13.2. The molecule has 0 heterocycles. The first-order valence-corrected chi connectivity index (χ1v) is 12.9. The number of nitrogens with zero attached hydrogens (tertiary/aromatic N) is 2. The molecule has 3 aromatic carbocycles. The van der Waals surface area contributed by atoms with Gasteiger partial charge in [-0.1, -0.05) is 86.1 Å². The summed E-state index contributed by atoms with van der Waals surface area (Å²) >= 11 is 6.09. The SMILES string of the molecule is CCN(CC)S(=O)(=O)c1cc(Cl)ccc1OCC(=O)N(Cc1ccccc1)Cc1ccccc1. The van der Waals surface area contributed by atoms with Crippen molar-refractivity contribution < 1.29 is 17.9 Å². The number of hydrogen-bond donors (Lipinski definition) is 0. The van der Waals surface area contributed by atoms with Crippen LogP contribution in [0.2, 0.25) is 5.02 Å². The number of halogens is 1. The van der Waals surface area contributed by atoms with Gasteiger partial charge in [-0.2, -0.15) is 4.31 Å². The van der Waals surface area contributed by atoms with E-state index >= 15 is 0 Å². The van der Waals surface area contributed by atoms with Crippen molar-refractivity contribution >= 4 is 27.5 Å². The summed E-state index contributed by atoms with van der Waals surface area (Å²) < 4.78 is 33.3. The molecule has 8 heteroatoms. The van der Waals surface area contributed by atoms with Gasteiger partial charge in [-0.25, -0.2) is 8.42 Å². The van der Waals surface area contributed by atoms with Gasteiger partial charge in [-0.05, 0) is 29.3 Å². The molecule has 3 rings (SSSR count). The normalized spacial score (nSPS) is 11.4. The van der Waals surface area contributed by atoms with Crippen molar-refractivity contribution in [2.45, 2.75) is 31.8 Å². The molecule has 3 aromatic rings. The van der Waals surface area contributed by atoms with Crippen LogP contribution in [-0.4, -0.2) is 43.2 Å². The highest BCUT2D eigenvalue weighted by Crippen LogP contribution is 2.30. The van der Waals surface area contributed by atoms with E-state index in [1.807, 2.05) is 60.7 Å². The van der Waals surface area contributed by atoms with E-state index in [2.05, 4.69) is 0 Å². The molecular weight excluding hydrogens is 472 g/mol. The first kappa shape index (κ1) is 25.7. The van der Waals surface area contributed by atoms with Crippen molar-refractivity contribution in [3.05, 3.63) is 95.0 Å². The molecule has 0 bridgehead atoms. The Labute approximate surface area is 206 Å². The highest BCUT2D eigenvalue weighted by molar-refractivity contribution is 7.89. The van der Waals surface area contributed by atoms with Crippen molar-refractivity contribution in [3.8, 4) is 5.75 Å². The molecule has 0 aliphatic heterocycles. The lowest BCUT2D eigenvalue weighted by Gasteiger charge is -2.24. The van der Waals surface area contributed by atoms with E-state index in [-0.39, 0.29) is 28.2 Å². The van der Waals surface area contributed by atoms with Crippen LogP contribution in [0.5, 0.6) is 5.75 Å². The van der Waals surface area contributed by atoms with Crippen LogP contribution in [0.3, 0.4) is 0 Å². The molecule has 6 nitrogen and oxygen atoms in total. The number of amides is 1. The third kappa shape index (κ3) is 6.59. The van der Waals surface area contributed by atoms with Crippen LogP contribution in [0.1, 0.15) is 25.0 Å². The van der Waals surface area contributed by atoms with Crippen LogP contribution < -0.4 is 4.74 Å². The number of sulfonamides is 1. The summed E-state index contributed by atoms with van der Waals surface area (Å²) in [4.78, 5) is 14.9. The lowest BCUT2D eigenvalue weighted by molar-refractivity contribution is -0.134. The van der Waals surface area contributed by atoms with Gasteiger partial charge in [-0.15, -0.1) is 0 Å². The summed E-state index contributed by atoms with van der Waals surface area (Å²) in [5.41, 5.74) is 1.98. The number of benzene rings is 3. The predicted molar refractivity (Wildman–Crippen MR) is 134 cm³/mol. The molecule has 0 saturated carbocycles. The molecule has 0 N–H and O–H groups in total. The van der Waals surface area contributed by atoms with Gasteiger partial charge in [0.1, 0.15) is 10.6 Å². The molecule has 0 fully saturated rings. The average Bonchev–Trinajstić information content (AvgIpc) is 2.84. The predicted octanol–water partition coefficient (Wildman–Crippen LogP) is 4.98. The van der Waals surface area contributed by atoms with Crippen LogP contribution in [0.15, 0.2) is 83.8 Å². The highest BCUT2D eigenvalue weighted by Gasteiger charge is 2.27. The Morgan fingerprint density at radius 1 is 0.853 bits per heavy atom. The number of carbonyl (C=O) groups is 1. The molecule has 0 radical (unpaired) electrons. The molecule has 0 spiro atoms. The lowest BCUT2D eigenvalue weighted by Crippen LogP contribution is -2.34. The van der Waals surface area contributed by atoms with E-state index < -0.39 is 10.0 Å². The van der Waals surface area contributed by atoms with E-state index in [9.17, 15) is 13.2 Å². The smallest absolute Gasteiger partial charge is 0.261 e. The topological polar surface area (TPSA) is 66.9 Å². The fraction of sp³-hybridized carbons (Fsp3) is 0.269. The van der Waals surface area contributed by atoms with E-state index in [1.165, 1.54) is 16.4 Å². The molecule has 0 saturated heterocycles. The minimum Gasteiger partial charge on any atom is -0.482 e. The maximum Gasteiger partial charge on any atom is 0.261 e. The Bertz CT molecular complexity index is 1140. The van der Waals surface area contributed by atoms with Crippen LogP contribution in [0, 0.1) is 0 Å². The van der Waals surface area contributed by atoms with Gasteiger partial charge in [0.2, 0.25) is 10.0 Å². The van der Waals surface area contributed by atoms with Crippen LogP contribution in [0.4, 0.5) is 0 Å². The molecule has 34 heavy (non-hydrogen) atoms. The van der Waals surface area contributed by atoms with E-state index in [1.54, 1.807) is 24.8 Å². The van der Waals surface area contributed by atoms with Crippen LogP contribution in [-0.2, 0) is 27.9 Å². The van der Waals surface area contributed by atoms with E-state index in [0.29, 0.717) is 26.2 Å². The monoisotopic (exact) mass is 500 g/mol. The van der Waals surface area contributed by atoms with Crippen molar-refractivity contribution in [2.24, 2.45) is 0 Å². The molecule has 0 unspecified atom stereocenters. The van der Waals surface area contributed by atoms with Gasteiger partial charge in [0.25, 0.3) is 5.91 Å². The third-order valence-corrected chi connectivity index (χ3v) is 7.67. The first-order chi connectivity index (χ1) is 16.3. The van der Waals surface area contributed by atoms with Gasteiger partial charge in [0.05, 0.1) is 0 Å². The van der Waals surface area contributed by atoms with Gasteiger partial charge >= 0.3 is 0 Å². The number of hydrogen-bond acceptors (Lipinski definition) is 4. The fourth-order valence-corrected chi connectivity index (χ4v) is 5.43. The summed E-state index contributed by atoms with van der Waals surface area (Å²) in [7, 11) is -3.82. The summed E-state index contributed by atoms with van der Waals surface area (Å²) in [5.74, 6) is -0.155. The van der Waals surface area contributed by atoms with E-state index in [0.717, 1.165) is 11.1 Å². The van der Waals surface area contributed by atoms with Crippen molar-refractivity contribution in [3.63, 3.8) is 0 Å². The molecule has 0 aliphatic carbocycles. The van der Waals surface area contributed by atoms with Crippen LogP contribution >= 0.6 is 11.6 Å². The number of carbonyl (C=O) groups excluding carboxylic acids is 1. The minimum atomic E-state index is -3.82. The van der Waals surface area contributed by atoms with Gasteiger partial charge in [-0.3, -0.25) is 4.79 Å². The lowest BCUT2D eigenvalue weighted by atomic mass is 10.1. The number of ether oxygens (including phenoxy) is 1. The largest absolute Gasteiger partial charge is 0.482 e. The molecule has 0 aliphatic rings. The zero-order valence-electron chi connectivity index (χ0n) is 19.4. The summed E-state index contributed by atoms with van der Waals surface area (Å²) in [5, 5.41) is 0.277. The molecular formula is C26H29ClN2O4S. The second-order valence-electron chi connectivity index (χ2n) is 7.69. The Balaban J connectivity index is 1.82. The van der Waals surface area contributed by atoms with Gasteiger partial charge in [0.15, 0.2) is 6.61 Å². The standard InChI is InChI=1S/C26H29ClN2O4S/c1-3-29(4-2)34(31,32)25-17-23(27)15-16-24(25)33-20-26(30)28(18-21-11-7-5-8-12-21)19-22-13-9-6-10-14-22/h5-17H,3-4,18-20H2,1-2H3. The minimum absolute atomic E-state index is 0.0471. The number of rotatable bonds is 11.